The van der Waals surface area contributed by atoms with Crippen molar-refractivity contribution in [2.75, 3.05) is 6.61 Å². The molecule has 92 valence electrons. The van der Waals surface area contributed by atoms with E-state index in [1.54, 1.807) is 17.8 Å². The predicted octanol–water partition coefficient (Wildman–Crippen LogP) is 3.42. The third kappa shape index (κ3) is 3.03. The number of halogens is 1. The molecule has 0 amide bonds. The summed E-state index contributed by atoms with van der Waals surface area (Å²) in [4.78, 5) is 12.0. The molecular formula is C12H13BrO3S. The average molecular weight is 317 g/mol. The van der Waals surface area contributed by atoms with Crippen molar-refractivity contribution < 1.29 is 14.6 Å². The lowest BCUT2D eigenvalue weighted by Gasteiger charge is -2.15. The summed E-state index contributed by atoms with van der Waals surface area (Å²) in [6.07, 6.45) is 1.16. The molecule has 0 aromatic heterocycles. The maximum absolute atomic E-state index is 11.2. The molecule has 0 saturated carbocycles. The molecule has 0 bridgehead atoms. The lowest BCUT2D eigenvalue weighted by molar-refractivity contribution is 0.0693. The van der Waals surface area contributed by atoms with Crippen molar-refractivity contribution >= 4 is 33.7 Å². The number of hydrogen-bond donors (Lipinski definition) is 1. The van der Waals surface area contributed by atoms with E-state index in [9.17, 15) is 4.79 Å². The number of rotatable bonds is 3. The number of carboxylic acid groups (broad SMARTS) is 1. The van der Waals surface area contributed by atoms with Gasteiger partial charge in [0, 0.05) is 21.2 Å². The second-order valence-electron chi connectivity index (χ2n) is 3.97. The van der Waals surface area contributed by atoms with Gasteiger partial charge in [0.15, 0.2) is 0 Å². The zero-order chi connectivity index (χ0) is 12.4. The van der Waals surface area contributed by atoms with Gasteiger partial charge in [0.05, 0.1) is 11.7 Å². The van der Waals surface area contributed by atoms with E-state index in [1.165, 1.54) is 0 Å². The highest BCUT2D eigenvalue weighted by molar-refractivity contribution is 9.10. The predicted molar refractivity (Wildman–Crippen MR) is 70.8 cm³/mol. The van der Waals surface area contributed by atoms with Crippen LogP contribution in [0.5, 0.6) is 0 Å². The maximum atomic E-state index is 11.2. The molecule has 2 atom stereocenters. The molecule has 1 heterocycles. The fourth-order valence-corrected chi connectivity index (χ4v) is 3.39. The lowest BCUT2D eigenvalue weighted by Crippen LogP contribution is -2.14. The molecule has 1 fully saturated rings. The van der Waals surface area contributed by atoms with E-state index in [-0.39, 0.29) is 6.10 Å². The number of aromatic carboxylic acids is 1. The molecule has 17 heavy (non-hydrogen) atoms. The summed E-state index contributed by atoms with van der Waals surface area (Å²) in [5, 5.41) is 9.51. The van der Waals surface area contributed by atoms with E-state index in [4.69, 9.17) is 9.84 Å². The average Bonchev–Trinajstić information content (AvgIpc) is 2.67. The minimum Gasteiger partial charge on any atom is -0.478 e. The van der Waals surface area contributed by atoms with E-state index < -0.39 is 5.97 Å². The van der Waals surface area contributed by atoms with Crippen molar-refractivity contribution in [3.8, 4) is 0 Å². The van der Waals surface area contributed by atoms with Gasteiger partial charge in [-0.2, -0.15) is 0 Å². The Hall–Kier alpha value is -0.520. The van der Waals surface area contributed by atoms with E-state index in [1.807, 2.05) is 19.1 Å². The number of hydrogen-bond acceptors (Lipinski definition) is 3. The van der Waals surface area contributed by atoms with Crippen LogP contribution in [0.25, 0.3) is 0 Å². The normalized spacial score (nSPS) is 23.9. The smallest absolute Gasteiger partial charge is 0.336 e. The van der Waals surface area contributed by atoms with Gasteiger partial charge in [0.1, 0.15) is 0 Å². The first-order chi connectivity index (χ1) is 8.08. The summed E-state index contributed by atoms with van der Waals surface area (Å²) in [7, 11) is 0. The SMILES string of the molecule is CC1OCCC1Sc1ccc(Br)cc1C(=O)O. The van der Waals surface area contributed by atoms with E-state index >= 15 is 0 Å². The highest BCUT2D eigenvalue weighted by atomic mass is 79.9. The molecule has 5 heteroatoms. The Bertz CT molecular complexity index is 436. The van der Waals surface area contributed by atoms with E-state index in [0.29, 0.717) is 10.8 Å². The molecule has 1 aliphatic rings. The van der Waals surface area contributed by atoms with Crippen molar-refractivity contribution in [1.29, 1.82) is 0 Å². The second kappa shape index (κ2) is 5.42. The lowest BCUT2D eigenvalue weighted by atomic mass is 10.2. The van der Waals surface area contributed by atoms with Crippen LogP contribution < -0.4 is 0 Å². The molecule has 0 radical (unpaired) electrons. The summed E-state index contributed by atoms with van der Waals surface area (Å²) < 4.78 is 6.27. The fourth-order valence-electron chi connectivity index (χ4n) is 1.80. The first kappa shape index (κ1) is 12.9. The molecule has 1 saturated heterocycles. The monoisotopic (exact) mass is 316 g/mol. The van der Waals surface area contributed by atoms with Crippen LogP contribution in [0, 0.1) is 0 Å². The molecular weight excluding hydrogens is 304 g/mol. The van der Waals surface area contributed by atoms with E-state index in [0.717, 1.165) is 22.4 Å². The number of ether oxygens (including phenoxy) is 1. The molecule has 1 aliphatic heterocycles. The van der Waals surface area contributed by atoms with Gasteiger partial charge in [-0.25, -0.2) is 4.79 Å². The largest absolute Gasteiger partial charge is 0.478 e. The first-order valence-electron chi connectivity index (χ1n) is 5.39. The van der Waals surface area contributed by atoms with Crippen LogP contribution in [0.1, 0.15) is 23.7 Å². The first-order valence-corrected chi connectivity index (χ1v) is 7.06. The molecule has 0 spiro atoms. The van der Waals surface area contributed by atoms with Gasteiger partial charge in [0.2, 0.25) is 0 Å². The number of carbonyl (C=O) groups is 1. The highest BCUT2D eigenvalue weighted by Crippen LogP contribution is 2.35. The van der Waals surface area contributed by atoms with Crippen molar-refractivity contribution in [1.82, 2.24) is 0 Å². The summed E-state index contributed by atoms with van der Waals surface area (Å²) in [5.74, 6) is -0.889. The van der Waals surface area contributed by atoms with E-state index in [2.05, 4.69) is 15.9 Å². The Balaban J connectivity index is 2.22. The molecule has 3 nitrogen and oxygen atoms in total. The Morgan fingerprint density at radius 3 is 2.94 bits per heavy atom. The molecule has 0 aliphatic carbocycles. The van der Waals surface area contributed by atoms with Crippen LogP contribution in [0.4, 0.5) is 0 Å². The number of carboxylic acids is 1. The summed E-state index contributed by atoms with van der Waals surface area (Å²) in [5.41, 5.74) is 0.350. The topological polar surface area (TPSA) is 46.5 Å². The van der Waals surface area contributed by atoms with Crippen molar-refractivity contribution in [3.05, 3.63) is 28.2 Å². The molecule has 1 N–H and O–H groups in total. The zero-order valence-electron chi connectivity index (χ0n) is 9.35. The second-order valence-corrected chi connectivity index (χ2v) is 6.16. The Labute approximate surface area is 113 Å². The van der Waals surface area contributed by atoms with Crippen LogP contribution >= 0.6 is 27.7 Å². The zero-order valence-corrected chi connectivity index (χ0v) is 11.8. The Morgan fingerprint density at radius 1 is 1.59 bits per heavy atom. The molecule has 1 aromatic rings. The summed E-state index contributed by atoms with van der Waals surface area (Å²) in [6.45, 7) is 2.79. The third-order valence-electron chi connectivity index (χ3n) is 2.76. The van der Waals surface area contributed by atoms with Crippen LogP contribution in [0.15, 0.2) is 27.6 Å². The maximum Gasteiger partial charge on any atom is 0.336 e. The van der Waals surface area contributed by atoms with Crippen molar-refractivity contribution in [2.24, 2.45) is 0 Å². The minimum absolute atomic E-state index is 0.185. The van der Waals surface area contributed by atoms with Crippen LogP contribution in [-0.4, -0.2) is 29.0 Å². The van der Waals surface area contributed by atoms with Gasteiger partial charge in [-0.1, -0.05) is 15.9 Å². The quantitative estimate of drug-likeness (QED) is 0.928. The van der Waals surface area contributed by atoms with Gasteiger partial charge < -0.3 is 9.84 Å². The van der Waals surface area contributed by atoms with Gasteiger partial charge >= 0.3 is 5.97 Å². The Morgan fingerprint density at radius 2 is 2.35 bits per heavy atom. The van der Waals surface area contributed by atoms with Gasteiger partial charge in [-0.15, -0.1) is 11.8 Å². The molecule has 2 rings (SSSR count). The van der Waals surface area contributed by atoms with Gasteiger partial charge in [-0.3, -0.25) is 0 Å². The standard InChI is InChI=1S/C12H13BrO3S/c1-7-10(4-5-16-7)17-11-3-2-8(13)6-9(11)12(14)15/h2-3,6-7,10H,4-5H2,1H3,(H,14,15). The van der Waals surface area contributed by atoms with Crippen LogP contribution in [0.3, 0.4) is 0 Å². The number of thioether (sulfide) groups is 1. The number of benzene rings is 1. The van der Waals surface area contributed by atoms with Crippen LogP contribution in [-0.2, 0) is 4.74 Å². The summed E-state index contributed by atoms with van der Waals surface area (Å²) >= 11 is 4.89. The highest BCUT2D eigenvalue weighted by Gasteiger charge is 2.26. The van der Waals surface area contributed by atoms with Gasteiger partial charge in [0.25, 0.3) is 0 Å². The fraction of sp³-hybridized carbons (Fsp3) is 0.417. The minimum atomic E-state index is -0.889. The third-order valence-corrected chi connectivity index (χ3v) is 4.78. The molecule has 2 unspecified atom stereocenters. The van der Waals surface area contributed by atoms with Crippen molar-refractivity contribution in [3.63, 3.8) is 0 Å². The summed E-state index contributed by atoms with van der Waals surface area (Å²) in [6, 6.07) is 5.36. The Kier molecular flexibility index (Phi) is 4.12. The van der Waals surface area contributed by atoms with Gasteiger partial charge in [-0.05, 0) is 31.5 Å². The van der Waals surface area contributed by atoms with Crippen LogP contribution in [0.2, 0.25) is 0 Å². The molecule has 1 aromatic carbocycles. The van der Waals surface area contributed by atoms with Crippen molar-refractivity contribution in [2.45, 2.75) is 29.6 Å².